The van der Waals surface area contributed by atoms with E-state index in [1.807, 2.05) is 0 Å². The summed E-state index contributed by atoms with van der Waals surface area (Å²) in [4.78, 5) is 0. The summed E-state index contributed by atoms with van der Waals surface area (Å²) in [5.41, 5.74) is 2.85. The van der Waals surface area contributed by atoms with Crippen LogP contribution in [0.4, 0.5) is 0 Å². The first-order valence-corrected chi connectivity index (χ1v) is 80.7. The van der Waals surface area contributed by atoms with E-state index in [0.717, 1.165) is 14.1 Å². The third-order valence-electron chi connectivity index (χ3n) is 29.7. The fraction of sp³-hybridized carbons (Fsp3) is 0.833. The van der Waals surface area contributed by atoms with Crippen molar-refractivity contribution in [3.8, 4) is 0 Å². The predicted octanol–water partition coefficient (Wildman–Crippen LogP) is -14.1. The molecule has 0 saturated heterocycles. The van der Waals surface area contributed by atoms with E-state index in [1.165, 1.54) is 110 Å². The van der Waals surface area contributed by atoms with E-state index >= 15 is 0 Å². The van der Waals surface area contributed by atoms with Crippen LogP contribution in [0.3, 0.4) is 0 Å². The first kappa shape index (κ1) is 108. The van der Waals surface area contributed by atoms with Gasteiger partial charge in [0, 0.05) is 54.2 Å². The molecule has 4 atom stereocenters. The molecule has 0 radical (unpaired) electrons. The van der Waals surface area contributed by atoms with Crippen LogP contribution in [-0.2, 0) is 24.7 Å². The summed E-state index contributed by atoms with van der Waals surface area (Å²) in [7, 11) is 31.5. The molecule has 1 rings (SSSR count). The highest BCUT2D eigenvalue weighted by molar-refractivity contribution is 7.69. The highest BCUT2D eigenvalue weighted by atomic mass is 28.4. The summed E-state index contributed by atoms with van der Waals surface area (Å²) >= 11 is 0. The van der Waals surface area contributed by atoms with Crippen LogP contribution in [0, 0.1) is 13.8 Å². The summed E-state index contributed by atoms with van der Waals surface area (Å²) in [5, 5.41) is 8.87. The molecule has 1 aromatic carbocycles. The Balaban J connectivity index is 5.05. The molecular formula is C48H152B40O6Si12. The van der Waals surface area contributed by atoms with Crippen LogP contribution < -0.4 is 20.8 Å². The van der Waals surface area contributed by atoms with E-state index in [4.69, 9.17) is 24.7 Å². The van der Waals surface area contributed by atoms with Crippen LogP contribution in [0.5, 0.6) is 0 Å². The molecule has 0 saturated carbocycles. The lowest BCUT2D eigenvalue weighted by atomic mass is 8.79. The summed E-state index contributed by atoms with van der Waals surface area (Å²) in [6.07, 6.45) is 2.46. The van der Waals surface area contributed by atoms with Gasteiger partial charge in [0.15, 0.2) is 66.5 Å². The Hall–Kier alpha value is 3.92. The van der Waals surface area contributed by atoms with Gasteiger partial charge in [0.25, 0.3) is 0 Å². The lowest BCUT2D eigenvalue weighted by Gasteiger charge is -2.58. The average molecular weight is 1600 g/mol. The Morgan fingerprint density at radius 1 is 0.311 bits per heavy atom. The lowest BCUT2D eigenvalue weighted by molar-refractivity contribution is 0.544. The van der Waals surface area contributed by atoms with Gasteiger partial charge in [-0.2, -0.15) is 0 Å². The minimum Gasteiger partial charge on any atom is -0.457 e. The Morgan fingerprint density at radius 2 is 0.509 bits per heavy atom. The Labute approximate surface area is 704 Å². The second-order valence-corrected chi connectivity index (χ2v) is 95.8. The second kappa shape index (κ2) is 40.1. The molecule has 0 spiro atoms. The van der Waals surface area contributed by atoms with E-state index in [9.17, 15) is 0 Å². The molecule has 0 N–H and O–H groups in total. The molecule has 0 amide bonds. The molecule has 1 aromatic rings. The van der Waals surface area contributed by atoms with Gasteiger partial charge in [-0.1, -0.05) is 48.8 Å². The maximum absolute atomic E-state index is 8.70. The molecule has 0 aliphatic carbocycles. The fourth-order valence-electron chi connectivity index (χ4n) is 27.3. The van der Waals surface area contributed by atoms with E-state index in [0.29, 0.717) is 77.9 Å². The first-order chi connectivity index (χ1) is 47.3. The smallest absolute Gasteiger partial charge is 0.206 e. The average Bonchev–Trinajstić information content (AvgIpc) is 0.705. The van der Waals surface area contributed by atoms with Crippen LogP contribution in [-0.4, -0.2) is 389 Å². The van der Waals surface area contributed by atoms with E-state index in [2.05, 4.69) is 367 Å². The van der Waals surface area contributed by atoms with Gasteiger partial charge in [0.2, 0.25) is 33.3 Å². The minimum absolute atomic E-state index is 0.00435. The molecule has 4 unspecified atom stereocenters. The van der Waals surface area contributed by atoms with Crippen LogP contribution in [0.25, 0.3) is 10.4 Å². The molecule has 0 aliphatic rings. The monoisotopic (exact) mass is 1600 g/mol. The van der Waals surface area contributed by atoms with Gasteiger partial charge in [0.1, 0.15) is 0 Å². The second-order valence-electron chi connectivity index (χ2n) is 44.3. The van der Waals surface area contributed by atoms with Crippen LogP contribution >= 0.6 is 0 Å². The molecular weight excluding hydrogens is 1440 g/mol. The van der Waals surface area contributed by atoms with Crippen LogP contribution in [0.1, 0.15) is 38.8 Å². The van der Waals surface area contributed by atoms with Crippen molar-refractivity contribution >= 4 is 410 Å². The van der Waals surface area contributed by atoms with Crippen molar-refractivity contribution in [3.05, 3.63) is 21.6 Å². The number of rotatable bonds is 46. The van der Waals surface area contributed by atoms with Crippen molar-refractivity contribution in [1.29, 1.82) is 0 Å². The number of benzene rings is 1. The summed E-state index contributed by atoms with van der Waals surface area (Å²) in [6, 6.07) is 0. The molecule has 58 heteroatoms. The predicted molar refractivity (Wildman–Crippen MR) is 619 cm³/mol. The third kappa shape index (κ3) is 23.3. The van der Waals surface area contributed by atoms with E-state index in [1.54, 1.807) is 0 Å². The van der Waals surface area contributed by atoms with Gasteiger partial charge in [-0.15, -0.1) is 18.9 Å². The first-order valence-electron chi connectivity index (χ1n) is 44.4. The quantitative estimate of drug-likeness (QED) is 0.0607. The molecule has 6 nitrogen and oxygen atoms in total. The molecule has 0 aliphatic heterocycles. The highest BCUT2D eigenvalue weighted by Gasteiger charge is 2.64. The molecule has 0 aromatic heterocycles. The Morgan fingerprint density at radius 3 is 0.689 bits per heavy atom. The SMILES string of the molecule is BBB(B)C(B(B)B)(B(B)BCC)[Si](C)(C)O[Si](C)(C)CBB(B)C(B(B)B)(B(B)BB)[Si](C)(C)O[Si](C)(C)C(C)=c1c(C)c([Si](C)(C)O[Si](C)(C)C)c([Si](C)(C)O[Si](C)(C)C)c(C)c1=C(C)[Si](C)(C)O[Si](C)(C)C(B(B)B)(B(B)BB)B(B)BC[Si](C)(C)O[Si](C)(C)C(B(B)B)(B(B)BB)B(B)BCC. The fourth-order valence-corrected chi connectivity index (χ4v) is 92.4. The van der Waals surface area contributed by atoms with Crippen molar-refractivity contribution in [2.24, 2.45) is 0 Å². The van der Waals surface area contributed by atoms with E-state index < -0.39 is 99.8 Å². The molecule has 106 heavy (non-hydrogen) atoms. The van der Waals surface area contributed by atoms with Gasteiger partial charge < -0.3 is 24.7 Å². The Bertz CT molecular complexity index is 2950. The topological polar surface area (TPSA) is 55.4 Å². The zero-order valence-corrected chi connectivity index (χ0v) is 93.9. The van der Waals surface area contributed by atoms with Crippen molar-refractivity contribution < 1.29 is 24.7 Å². The normalized spacial score (nSPS) is 16.2. The molecule has 0 heterocycles. The zero-order chi connectivity index (χ0) is 84.3. The molecule has 0 fully saturated rings. The highest BCUT2D eigenvalue weighted by Crippen LogP contribution is 2.50. The van der Waals surface area contributed by atoms with Crippen LogP contribution in [0.15, 0.2) is 0 Å². The summed E-state index contributed by atoms with van der Waals surface area (Å²) in [5.74, 6) is 2.35. The minimum atomic E-state index is -2.82. The van der Waals surface area contributed by atoms with Crippen molar-refractivity contribution in [2.75, 3.05) is 0 Å². The largest absolute Gasteiger partial charge is 0.457 e. The van der Waals surface area contributed by atoms with Crippen molar-refractivity contribution in [2.45, 2.75) is 255 Å². The van der Waals surface area contributed by atoms with Gasteiger partial charge in [0.05, 0.1) is 235 Å². The number of hydrogen-bond donors (Lipinski definition) is 0. The Kier molecular flexibility index (Phi) is 40.8. The van der Waals surface area contributed by atoms with Gasteiger partial charge in [-0.05, 0) is 230 Å². The van der Waals surface area contributed by atoms with Gasteiger partial charge in [-0.3, -0.25) is 0 Å². The van der Waals surface area contributed by atoms with E-state index in [-0.39, 0.29) is 18.9 Å². The standard InChI is InChI=1S/C48H152B40O6Si12/c1-33-69-81(61)45(77(53)54,85(65)73-49)103(25,26)91-97(13,14)35-71-83(63)47(79(57)58,87(67)75-51)105(29,30)93-99(17,18)39(5)41-37(3)43(101(21,22)89-95(7,8)9)44(102(23,24)90-96(10,11)12)38(4)42(41)40(6)100(19,20)94-106(31,32)48(80(59)60,88(68)76-52)84(64)72-36-98(15,16)92-104(27,28)46(78(55)56,86(66)74-50)82(62)70-34-2/h69-76H,33-36,49-68H2,1-32H3. The third-order valence-corrected chi connectivity index (χ3v) is 81.0. The summed E-state index contributed by atoms with van der Waals surface area (Å²) < 4.78 is 49.5. The lowest BCUT2D eigenvalue weighted by Crippen LogP contribution is -2.75. The summed E-state index contributed by atoms with van der Waals surface area (Å²) in [6.45, 7) is 88.2. The van der Waals surface area contributed by atoms with Crippen LogP contribution in [0.2, 0.25) is 214 Å². The maximum Gasteiger partial charge on any atom is 0.206 e. The molecule has 0 bridgehead atoms. The number of hydrogen-bond acceptors (Lipinski definition) is 6. The van der Waals surface area contributed by atoms with Crippen molar-refractivity contribution in [3.63, 3.8) is 0 Å². The maximum atomic E-state index is 8.70. The van der Waals surface area contributed by atoms with Gasteiger partial charge in [-0.25, -0.2) is 0 Å². The van der Waals surface area contributed by atoms with Crippen molar-refractivity contribution in [1.82, 2.24) is 0 Å². The van der Waals surface area contributed by atoms with Gasteiger partial charge >= 0.3 is 0 Å². The molecule has 548 valence electrons. The zero-order valence-electron chi connectivity index (χ0n) is 81.9.